The lowest BCUT2D eigenvalue weighted by atomic mass is 9.70. The van der Waals surface area contributed by atoms with Crippen molar-refractivity contribution in [1.82, 2.24) is 4.98 Å². The van der Waals surface area contributed by atoms with Gasteiger partial charge in [-0.05, 0) is 17.9 Å². The molecule has 1 aliphatic carbocycles. The van der Waals surface area contributed by atoms with Crippen LogP contribution in [0.4, 0.5) is 5.82 Å². The van der Waals surface area contributed by atoms with Crippen molar-refractivity contribution < 1.29 is 14.3 Å². The van der Waals surface area contributed by atoms with Crippen molar-refractivity contribution in [2.24, 2.45) is 5.41 Å². The SMILES string of the molecule is CCOc1nc(N)c2c(c1C#N)OC1=C(C(=O)CC(C)(C)C1)[C@H]2c1ccccc1. The van der Waals surface area contributed by atoms with Gasteiger partial charge in [-0.25, -0.2) is 0 Å². The molecule has 0 fully saturated rings. The second kappa shape index (κ2) is 6.93. The Hall–Kier alpha value is -3.33. The molecule has 0 radical (unpaired) electrons. The monoisotopic (exact) mass is 389 g/mol. The highest BCUT2D eigenvalue weighted by Gasteiger charge is 2.44. The molecule has 2 aromatic rings. The molecule has 2 heterocycles. The number of ether oxygens (including phenoxy) is 2. The van der Waals surface area contributed by atoms with E-state index in [0.29, 0.717) is 42.1 Å². The summed E-state index contributed by atoms with van der Waals surface area (Å²) in [4.78, 5) is 17.5. The Morgan fingerprint density at radius 1 is 1.31 bits per heavy atom. The number of nitrogen functional groups attached to an aromatic ring is 1. The van der Waals surface area contributed by atoms with Crippen LogP contribution in [-0.2, 0) is 4.79 Å². The largest absolute Gasteiger partial charge is 0.477 e. The summed E-state index contributed by atoms with van der Waals surface area (Å²) in [7, 11) is 0. The van der Waals surface area contributed by atoms with Gasteiger partial charge in [-0.15, -0.1) is 0 Å². The molecule has 2 aliphatic rings. The van der Waals surface area contributed by atoms with Crippen molar-refractivity contribution in [2.45, 2.75) is 39.5 Å². The number of fused-ring (bicyclic) bond motifs is 1. The zero-order valence-electron chi connectivity index (χ0n) is 16.8. The van der Waals surface area contributed by atoms with Crippen molar-refractivity contribution >= 4 is 11.6 Å². The fraction of sp³-hybridized carbons (Fsp3) is 0.348. The van der Waals surface area contributed by atoms with E-state index in [9.17, 15) is 10.1 Å². The number of nitriles is 1. The second-order valence-corrected chi connectivity index (χ2v) is 8.19. The number of nitrogens with zero attached hydrogens (tertiary/aromatic N) is 2. The summed E-state index contributed by atoms with van der Waals surface area (Å²) in [6, 6.07) is 11.8. The Bertz CT molecular complexity index is 1070. The smallest absolute Gasteiger partial charge is 0.237 e. The number of ketones is 1. The minimum atomic E-state index is -0.422. The molecule has 1 aromatic heterocycles. The minimum absolute atomic E-state index is 0.0440. The number of nitrogens with two attached hydrogens (primary N) is 1. The van der Waals surface area contributed by atoms with Crippen LogP contribution in [0.2, 0.25) is 0 Å². The quantitative estimate of drug-likeness (QED) is 0.848. The Morgan fingerprint density at radius 2 is 2.03 bits per heavy atom. The molecule has 1 aliphatic heterocycles. The first kappa shape index (κ1) is 19.0. The molecule has 1 aromatic carbocycles. The second-order valence-electron chi connectivity index (χ2n) is 8.19. The number of Topliss-reactive ketones (excluding diaryl/α,β-unsaturated/α-hetero) is 1. The highest BCUT2D eigenvalue weighted by molar-refractivity contribution is 6.00. The summed E-state index contributed by atoms with van der Waals surface area (Å²) in [5.74, 6) is 0.944. The molecule has 2 N–H and O–H groups in total. The molecule has 6 heteroatoms. The fourth-order valence-corrected chi connectivity index (χ4v) is 4.24. The average Bonchev–Trinajstić information content (AvgIpc) is 2.66. The predicted octanol–water partition coefficient (Wildman–Crippen LogP) is 4.10. The van der Waals surface area contributed by atoms with Crippen molar-refractivity contribution in [2.75, 3.05) is 12.3 Å². The van der Waals surface area contributed by atoms with E-state index in [-0.39, 0.29) is 28.5 Å². The third kappa shape index (κ3) is 3.13. The number of hydrogen-bond acceptors (Lipinski definition) is 6. The number of carbonyl (C=O) groups is 1. The van der Waals surface area contributed by atoms with Crippen LogP contribution >= 0.6 is 0 Å². The average molecular weight is 389 g/mol. The summed E-state index contributed by atoms with van der Waals surface area (Å²) < 4.78 is 11.8. The van der Waals surface area contributed by atoms with Crippen molar-refractivity contribution in [3.8, 4) is 17.7 Å². The van der Waals surface area contributed by atoms with E-state index in [0.717, 1.165) is 5.56 Å². The molecule has 4 rings (SSSR count). The van der Waals surface area contributed by atoms with Crippen molar-refractivity contribution in [3.05, 3.63) is 58.4 Å². The summed E-state index contributed by atoms with van der Waals surface area (Å²) in [5.41, 5.74) is 8.41. The molecular formula is C23H23N3O3. The minimum Gasteiger partial charge on any atom is -0.477 e. The van der Waals surface area contributed by atoms with Crippen LogP contribution in [0.25, 0.3) is 0 Å². The molecule has 1 atom stereocenters. The molecule has 148 valence electrons. The fourth-order valence-electron chi connectivity index (χ4n) is 4.24. The Labute approximate surface area is 170 Å². The molecule has 0 saturated heterocycles. The van der Waals surface area contributed by atoms with E-state index in [1.165, 1.54) is 0 Å². The van der Waals surface area contributed by atoms with Gasteiger partial charge in [0.2, 0.25) is 5.88 Å². The highest BCUT2D eigenvalue weighted by Crippen LogP contribution is 2.53. The molecule has 0 saturated carbocycles. The number of allylic oxidation sites excluding steroid dienone is 2. The number of benzene rings is 1. The van der Waals surface area contributed by atoms with E-state index in [1.807, 2.05) is 51.1 Å². The standard InChI is InChI=1S/C23H23N3O3/c1-4-28-22-14(12-24)20-19(21(25)26-22)17(13-8-6-5-7-9-13)18-15(27)10-23(2,3)11-16(18)29-20/h5-9,17H,4,10-11H2,1-3H3,(H2,25,26)/t17-/m1/s1. The Kier molecular flexibility index (Phi) is 4.54. The first-order valence-corrected chi connectivity index (χ1v) is 9.71. The summed E-state index contributed by atoms with van der Waals surface area (Å²) in [6.07, 6.45) is 1.04. The van der Waals surface area contributed by atoms with Crippen LogP contribution < -0.4 is 15.2 Å². The van der Waals surface area contributed by atoms with Crippen LogP contribution in [0.3, 0.4) is 0 Å². The van der Waals surface area contributed by atoms with Gasteiger partial charge in [0.15, 0.2) is 17.1 Å². The lowest BCUT2D eigenvalue weighted by Crippen LogP contribution is -2.33. The van der Waals surface area contributed by atoms with Crippen LogP contribution in [0.1, 0.15) is 56.2 Å². The molecular weight excluding hydrogens is 366 g/mol. The van der Waals surface area contributed by atoms with Gasteiger partial charge in [-0.1, -0.05) is 44.2 Å². The van der Waals surface area contributed by atoms with E-state index < -0.39 is 5.92 Å². The van der Waals surface area contributed by atoms with E-state index in [1.54, 1.807) is 0 Å². The van der Waals surface area contributed by atoms with Gasteiger partial charge in [0.05, 0.1) is 12.2 Å². The number of rotatable bonds is 3. The van der Waals surface area contributed by atoms with Crippen LogP contribution in [0.15, 0.2) is 41.7 Å². The summed E-state index contributed by atoms with van der Waals surface area (Å²) in [6.45, 7) is 6.25. The van der Waals surface area contributed by atoms with Gasteiger partial charge >= 0.3 is 0 Å². The Balaban J connectivity index is 2.02. The topological polar surface area (TPSA) is 98.2 Å². The summed E-state index contributed by atoms with van der Waals surface area (Å²) >= 11 is 0. The maximum absolute atomic E-state index is 13.2. The van der Waals surface area contributed by atoms with Crippen molar-refractivity contribution in [3.63, 3.8) is 0 Å². The normalized spacial score (nSPS) is 19.7. The number of pyridine rings is 1. The van der Waals surface area contributed by atoms with E-state index >= 15 is 0 Å². The predicted molar refractivity (Wildman–Crippen MR) is 108 cm³/mol. The number of aromatic nitrogens is 1. The zero-order chi connectivity index (χ0) is 20.8. The van der Waals surface area contributed by atoms with Gasteiger partial charge in [-0.3, -0.25) is 4.79 Å². The Morgan fingerprint density at radius 3 is 2.69 bits per heavy atom. The van der Waals surface area contributed by atoms with Crippen LogP contribution in [0, 0.1) is 16.7 Å². The molecule has 0 unspecified atom stereocenters. The van der Waals surface area contributed by atoms with Gasteiger partial charge in [0.1, 0.15) is 17.6 Å². The molecule has 0 bridgehead atoms. The van der Waals surface area contributed by atoms with E-state index in [4.69, 9.17) is 15.2 Å². The van der Waals surface area contributed by atoms with Crippen molar-refractivity contribution in [1.29, 1.82) is 5.26 Å². The molecule has 29 heavy (non-hydrogen) atoms. The molecule has 0 amide bonds. The zero-order valence-corrected chi connectivity index (χ0v) is 16.8. The number of anilines is 1. The lowest BCUT2D eigenvalue weighted by Gasteiger charge is -2.38. The third-order valence-corrected chi connectivity index (χ3v) is 5.39. The number of hydrogen-bond donors (Lipinski definition) is 1. The highest BCUT2D eigenvalue weighted by atomic mass is 16.5. The maximum atomic E-state index is 13.2. The van der Waals surface area contributed by atoms with Gasteiger partial charge < -0.3 is 15.2 Å². The van der Waals surface area contributed by atoms with Gasteiger partial charge in [0.25, 0.3) is 0 Å². The maximum Gasteiger partial charge on any atom is 0.237 e. The molecule has 6 nitrogen and oxygen atoms in total. The van der Waals surface area contributed by atoms with Crippen LogP contribution in [-0.4, -0.2) is 17.4 Å². The number of carbonyl (C=O) groups excluding carboxylic acids is 1. The first-order chi connectivity index (χ1) is 13.9. The van der Waals surface area contributed by atoms with E-state index in [2.05, 4.69) is 11.1 Å². The lowest BCUT2D eigenvalue weighted by molar-refractivity contribution is -0.118. The van der Waals surface area contributed by atoms with Gasteiger partial charge in [-0.2, -0.15) is 10.2 Å². The third-order valence-electron chi connectivity index (χ3n) is 5.39. The van der Waals surface area contributed by atoms with Crippen LogP contribution in [0.5, 0.6) is 11.6 Å². The first-order valence-electron chi connectivity index (χ1n) is 9.71. The van der Waals surface area contributed by atoms with Gasteiger partial charge in [0, 0.05) is 24.3 Å². The molecule has 0 spiro atoms. The summed E-state index contributed by atoms with van der Waals surface area (Å²) in [5, 5.41) is 9.83.